The van der Waals surface area contributed by atoms with Crippen molar-refractivity contribution in [3.63, 3.8) is 0 Å². The summed E-state index contributed by atoms with van der Waals surface area (Å²) in [5.41, 5.74) is -0.440. The van der Waals surface area contributed by atoms with E-state index in [-0.39, 0.29) is 35.0 Å². The van der Waals surface area contributed by atoms with Crippen molar-refractivity contribution in [2.45, 2.75) is 84.3 Å². The van der Waals surface area contributed by atoms with Gasteiger partial charge in [-0.1, -0.05) is 13.8 Å². The summed E-state index contributed by atoms with van der Waals surface area (Å²) in [7, 11) is 0. The van der Waals surface area contributed by atoms with E-state index in [1.54, 1.807) is 10.9 Å². The highest BCUT2D eigenvalue weighted by Crippen LogP contribution is 2.67. The molecule has 4 saturated carbocycles. The molecule has 6 nitrogen and oxygen atoms in total. The summed E-state index contributed by atoms with van der Waals surface area (Å²) in [4.78, 5) is 27.1. The van der Waals surface area contributed by atoms with Crippen LogP contribution in [0.3, 0.4) is 0 Å². The number of hydrogen-bond donors (Lipinski definition) is 1. The maximum Gasteiger partial charge on any atom is 0.157 e. The van der Waals surface area contributed by atoms with Crippen molar-refractivity contribution >= 4 is 11.6 Å². The fourth-order valence-electron chi connectivity index (χ4n) is 8.55. The summed E-state index contributed by atoms with van der Waals surface area (Å²) in [6.45, 7) is 6.62. The van der Waals surface area contributed by atoms with E-state index in [1.165, 1.54) is 6.20 Å². The van der Waals surface area contributed by atoms with Crippen LogP contribution in [0.2, 0.25) is 0 Å². The van der Waals surface area contributed by atoms with Crippen LogP contribution in [-0.4, -0.2) is 32.1 Å². The van der Waals surface area contributed by atoms with Gasteiger partial charge in [0.2, 0.25) is 0 Å². The lowest BCUT2D eigenvalue weighted by atomic mass is 9.43. The Hall–Kier alpha value is -2.00. The second kappa shape index (κ2) is 7.25. The molecule has 32 heavy (non-hydrogen) atoms. The van der Waals surface area contributed by atoms with Gasteiger partial charge in [0.25, 0.3) is 0 Å². The highest BCUT2D eigenvalue weighted by molar-refractivity contribution is 5.87. The van der Waals surface area contributed by atoms with Gasteiger partial charge in [0.1, 0.15) is 11.9 Å². The standard InChI is InChI=1S/C26H35N3O3/c1-24(32)8-9-25(2)17(10-24)4-5-18-19-6-7-20(26(19,3)11-21(30)23(18)25)22(31)15-29-14-16(12-27)13-28-29/h13-14,17-20,23,32H,4-11,15H2,1-3H3/t17-,18-,19-,20+,23+,24+,25-,26-/m0/s1. The number of carbonyl (C=O) groups is 2. The number of aliphatic hydroxyl groups is 1. The van der Waals surface area contributed by atoms with Crippen molar-refractivity contribution in [3.05, 3.63) is 18.0 Å². The molecule has 172 valence electrons. The van der Waals surface area contributed by atoms with E-state index < -0.39 is 5.60 Å². The van der Waals surface area contributed by atoms with E-state index >= 15 is 0 Å². The van der Waals surface area contributed by atoms with Crippen molar-refractivity contribution in [2.24, 2.45) is 40.4 Å². The molecule has 4 fully saturated rings. The third-order valence-electron chi connectivity index (χ3n) is 10.1. The number of nitriles is 1. The molecule has 0 aliphatic heterocycles. The lowest BCUT2D eigenvalue weighted by Crippen LogP contribution is -2.59. The van der Waals surface area contributed by atoms with Gasteiger partial charge in [0, 0.05) is 24.5 Å². The van der Waals surface area contributed by atoms with Crippen molar-refractivity contribution in [1.82, 2.24) is 9.78 Å². The number of hydrogen-bond acceptors (Lipinski definition) is 5. The van der Waals surface area contributed by atoms with Crippen molar-refractivity contribution in [3.8, 4) is 6.07 Å². The van der Waals surface area contributed by atoms with Crippen molar-refractivity contribution < 1.29 is 14.7 Å². The van der Waals surface area contributed by atoms with Crippen LogP contribution in [0.1, 0.15) is 77.7 Å². The maximum absolute atomic E-state index is 13.7. The molecule has 0 radical (unpaired) electrons. The molecular weight excluding hydrogens is 402 g/mol. The highest BCUT2D eigenvalue weighted by atomic mass is 16.3. The summed E-state index contributed by atoms with van der Waals surface area (Å²) < 4.78 is 1.56. The summed E-state index contributed by atoms with van der Waals surface area (Å²) in [6, 6.07) is 2.06. The van der Waals surface area contributed by atoms with Crippen LogP contribution in [0.15, 0.2) is 12.4 Å². The lowest BCUT2D eigenvalue weighted by Gasteiger charge is -2.60. The van der Waals surface area contributed by atoms with Gasteiger partial charge in [-0.3, -0.25) is 14.3 Å². The van der Waals surface area contributed by atoms with Crippen LogP contribution in [0.25, 0.3) is 0 Å². The van der Waals surface area contributed by atoms with Gasteiger partial charge in [-0.05, 0) is 80.5 Å². The minimum atomic E-state index is -0.605. The molecule has 0 unspecified atom stereocenters. The summed E-state index contributed by atoms with van der Waals surface area (Å²) in [5.74, 6) is 1.63. The molecule has 1 N–H and O–H groups in total. The van der Waals surface area contributed by atoms with Gasteiger partial charge < -0.3 is 5.11 Å². The SMILES string of the molecule is C[C@@]1(O)CC[C@@]2(C)[C@@H](CC[C@H]3[C@@H]4CC[C@H](C(=O)Cn5cc(C#N)cn5)[C@@]4(C)CC(=O)[C@@H]32)C1. The normalized spacial score (nSPS) is 45.5. The van der Waals surface area contributed by atoms with Gasteiger partial charge >= 0.3 is 0 Å². The number of rotatable bonds is 3. The Bertz CT molecular complexity index is 991. The second-order valence-electron chi connectivity index (χ2n) is 12.0. The number of ketones is 2. The molecular formula is C26H35N3O3. The lowest BCUT2D eigenvalue weighted by molar-refractivity contribution is -0.168. The highest BCUT2D eigenvalue weighted by Gasteiger charge is 2.64. The largest absolute Gasteiger partial charge is 0.390 e. The number of fused-ring (bicyclic) bond motifs is 5. The van der Waals surface area contributed by atoms with Crippen LogP contribution in [0, 0.1) is 51.8 Å². The number of aromatic nitrogens is 2. The number of Topliss-reactive ketones (excluding diaryl/α,β-unsaturated/α-hetero) is 2. The quantitative estimate of drug-likeness (QED) is 0.773. The van der Waals surface area contributed by atoms with Crippen LogP contribution in [0.4, 0.5) is 0 Å². The van der Waals surface area contributed by atoms with Crippen LogP contribution in [-0.2, 0) is 16.1 Å². The number of nitrogens with zero attached hydrogens (tertiary/aromatic N) is 3. The van der Waals surface area contributed by atoms with E-state index in [2.05, 4.69) is 25.0 Å². The van der Waals surface area contributed by atoms with Crippen LogP contribution < -0.4 is 0 Å². The first kappa shape index (κ1) is 21.8. The molecule has 5 rings (SSSR count). The van der Waals surface area contributed by atoms with Gasteiger partial charge in [-0.25, -0.2) is 0 Å². The zero-order chi connectivity index (χ0) is 22.9. The summed E-state index contributed by atoms with van der Waals surface area (Å²) >= 11 is 0. The van der Waals surface area contributed by atoms with E-state index in [9.17, 15) is 14.7 Å². The molecule has 0 spiro atoms. The first-order valence-electron chi connectivity index (χ1n) is 12.3. The smallest absolute Gasteiger partial charge is 0.157 e. The van der Waals surface area contributed by atoms with Crippen molar-refractivity contribution in [1.29, 1.82) is 5.26 Å². The van der Waals surface area contributed by atoms with E-state index in [4.69, 9.17) is 5.26 Å². The fourth-order valence-corrected chi connectivity index (χ4v) is 8.55. The molecule has 4 aliphatic rings. The van der Waals surface area contributed by atoms with Gasteiger partial charge in [-0.15, -0.1) is 0 Å². The van der Waals surface area contributed by atoms with E-state index in [0.717, 1.165) is 44.9 Å². The maximum atomic E-state index is 13.7. The third kappa shape index (κ3) is 3.19. The molecule has 0 bridgehead atoms. The molecule has 6 heteroatoms. The third-order valence-corrected chi connectivity index (χ3v) is 10.1. The molecule has 1 heterocycles. The Morgan fingerprint density at radius 2 is 2.00 bits per heavy atom. The molecule has 4 aliphatic carbocycles. The molecule has 8 atom stereocenters. The number of carbonyl (C=O) groups excluding carboxylic acids is 2. The predicted molar refractivity (Wildman–Crippen MR) is 118 cm³/mol. The average Bonchev–Trinajstić information content (AvgIpc) is 3.31. The topological polar surface area (TPSA) is 96.0 Å². The van der Waals surface area contributed by atoms with Gasteiger partial charge in [-0.2, -0.15) is 10.4 Å². The van der Waals surface area contributed by atoms with Crippen LogP contribution in [0.5, 0.6) is 0 Å². The second-order valence-corrected chi connectivity index (χ2v) is 12.0. The zero-order valence-electron chi connectivity index (χ0n) is 19.5. The Morgan fingerprint density at radius 1 is 1.22 bits per heavy atom. The summed E-state index contributed by atoms with van der Waals surface area (Å²) in [5, 5.41) is 23.8. The predicted octanol–water partition coefficient (Wildman–Crippen LogP) is 3.91. The Kier molecular flexibility index (Phi) is 4.94. The van der Waals surface area contributed by atoms with E-state index in [1.807, 2.05) is 6.92 Å². The first-order chi connectivity index (χ1) is 15.1. The van der Waals surface area contributed by atoms with Gasteiger partial charge in [0.15, 0.2) is 5.78 Å². The van der Waals surface area contributed by atoms with Crippen molar-refractivity contribution in [2.75, 3.05) is 0 Å². The zero-order valence-corrected chi connectivity index (χ0v) is 19.5. The molecule has 0 saturated heterocycles. The Morgan fingerprint density at radius 3 is 2.72 bits per heavy atom. The molecule has 0 amide bonds. The minimum absolute atomic E-state index is 0.0194. The molecule has 0 aromatic carbocycles. The molecule has 1 aromatic rings. The Balaban J connectivity index is 1.38. The minimum Gasteiger partial charge on any atom is -0.390 e. The monoisotopic (exact) mass is 437 g/mol. The fraction of sp³-hybridized carbons (Fsp3) is 0.769. The first-order valence-corrected chi connectivity index (χ1v) is 12.3. The van der Waals surface area contributed by atoms with Crippen LogP contribution >= 0.6 is 0 Å². The average molecular weight is 438 g/mol. The van der Waals surface area contributed by atoms with E-state index in [0.29, 0.717) is 35.5 Å². The Labute approximate surface area is 190 Å². The van der Waals surface area contributed by atoms with Gasteiger partial charge in [0.05, 0.1) is 23.9 Å². The summed E-state index contributed by atoms with van der Waals surface area (Å²) in [6.07, 6.45) is 10.1. The molecule has 1 aromatic heterocycles.